The third kappa shape index (κ3) is 1.99. The summed E-state index contributed by atoms with van der Waals surface area (Å²) in [6.45, 7) is 7.92. The van der Waals surface area contributed by atoms with Crippen LogP contribution < -0.4 is 5.32 Å². The van der Waals surface area contributed by atoms with Crippen LogP contribution in [0.2, 0.25) is 0 Å². The van der Waals surface area contributed by atoms with E-state index in [1.807, 2.05) is 13.8 Å². The highest BCUT2D eigenvalue weighted by Crippen LogP contribution is 2.31. The lowest BCUT2D eigenvalue weighted by Crippen LogP contribution is -2.56. The van der Waals surface area contributed by atoms with Gasteiger partial charge in [-0.2, -0.15) is 0 Å². The first kappa shape index (κ1) is 12.6. The zero-order chi connectivity index (χ0) is 12.7. The summed E-state index contributed by atoms with van der Waals surface area (Å²) in [5.41, 5.74) is 0. The standard InChI is InChI=1S/C13H22N2O2/c1-7-5-6-11(10(4)14-7)15-12(16)8(2)9(3)13(15)17/h7-11,14H,5-6H2,1-4H3. The normalized spacial score (nSPS) is 43.3. The van der Waals surface area contributed by atoms with E-state index in [1.165, 1.54) is 4.90 Å². The zero-order valence-electron chi connectivity index (χ0n) is 11.1. The van der Waals surface area contributed by atoms with E-state index in [9.17, 15) is 9.59 Å². The molecule has 2 heterocycles. The number of piperidine rings is 1. The number of rotatable bonds is 1. The van der Waals surface area contributed by atoms with E-state index in [2.05, 4.69) is 19.2 Å². The van der Waals surface area contributed by atoms with Crippen LogP contribution in [0.1, 0.15) is 40.5 Å². The van der Waals surface area contributed by atoms with Gasteiger partial charge >= 0.3 is 0 Å². The maximum atomic E-state index is 12.1. The van der Waals surface area contributed by atoms with Crippen molar-refractivity contribution in [3.05, 3.63) is 0 Å². The Morgan fingerprint density at radius 3 is 2.00 bits per heavy atom. The molecule has 0 aromatic heterocycles. The summed E-state index contributed by atoms with van der Waals surface area (Å²) in [5.74, 6) is -0.297. The highest BCUT2D eigenvalue weighted by Gasteiger charge is 2.47. The monoisotopic (exact) mass is 238 g/mol. The van der Waals surface area contributed by atoms with Crippen LogP contribution in [0.4, 0.5) is 0 Å². The molecule has 0 aromatic carbocycles. The fourth-order valence-corrected chi connectivity index (χ4v) is 2.97. The van der Waals surface area contributed by atoms with Crippen molar-refractivity contribution in [1.82, 2.24) is 10.2 Å². The van der Waals surface area contributed by atoms with E-state index in [0.717, 1.165) is 12.8 Å². The van der Waals surface area contributed by atoms with Crippen molar-refractivity contribution in [2.24, 2.45) is 11.8 Å². The Balaban J connectivity index is 2.17. The number of nitrogens with zero attached hydrogens (tertiary/aromatic N) is 1. The molecule has 4 nitrogen and oxygen atoms in total. The van der Waals surface area contributed by atoms with Crippen molar-refractivity contribution >= 4 is 11.8 Å². The van der Waals surface area contributed by atoms with Crippen LogP contribution in [0.5, 0.6) is 0 Å². The van der Waals surface area contributed by atoms with Gasteiger partial charge in [0.05, 0.1) is 6.04 Å². The number of hydrogen-bond donors (Lipinski definition) is 1. The van der Waals surface area contributed by atoms with Gasteiger partial charge in [-0.15, -0.1) is 0 Å². The van der Waals surface area contributed by atoms with Crippen molar-refractivity contribution in [1.29, 1.82) is 0 Å². The van der Waals surface area contributed by atoms with Crippen LogP contribution in [0.3, 0.4) is 0 Å². The number of carbonyl (C=O) groups is 2. The maximum Gasteiger partial charge on any atom is 0.233 e. The molecule has 0 aliphatic carbocycles. The van der Waals surface area contributed by atoms with E-state index < -0.39 is 0 Å². The van der Waals surface area contributed by atoms with E-state index in [1.54, 1.807) is 0 Å². The molecule has 2 amide bonds. The lowest BCUT2D eigenvalue weighted by Gasteiger charge is -2.38. The number of imide groups is 1. The van der Waals surface area contributed by atoms with Gasteiger partial charge in [-0.3, -0.25) is 14.5 Å². The first-order valence-electron chi connectivity index (χ1n) is 6.56. The second kappa shape index (κ2) is 4.41. The van der Waals surface area contributed by atoms with Crippen LogP contribution in [-0.4, -0.2) is 34.8 Å². The first-order chi connectivity index (χ1) is 7.93. The molecule has 2 saturated heterocycles. The summed E-state index contributed by atoms with van der Waals surface area (Å²) in [7, 11) is 0. The van der Waals surface area contributed by atoms with Crippen molar-refractivity contribution in [2.75, 3.05) is 0 Å². The number of hydrogen-bond acceptors (Lipinski definition) is 3. The van der Waals surface area contributed by atoms with Gasteiger partial charge in [0.15, 0.2) is 0 Å². The van der Waals surface area contributed by atoms with Crippen molar-refractivity contribution < 1.29 is 9.59 Å². The second-order valence-corrected chi connectivity index (χ2v) is 5.62. The summed E-state index contributed by atoms with van der Waals surface area (Å²) >= 11 is 0. The Bertz CT molecular complexity index is 322. The molecule has 2 aliphatic heterocycles. The summed E-state index contributed by atoms with van der Waals surface area (Å²) in [5, 5.41) is 3.43. The Hall–Kier alpha value is -0.900. The molecule has 5 atom stereocenters. The number of nitrogens with one attached hydrogen (secondary N) is 1. The smallest absolute Gasteiger partial charge is 0.233 e. The van der Waals surface area contributed by atoms with Crippen LogP contribution >= 0.6 is 0 Å². The molecule has 0 aromatic rings. The van der Waals surface area contributed by atoms with Crippen LogP contribution in [-0.2, 0) is 9.59 Å². The van der Waals surface area contributed by atoms with E-state index in [0.29, 0.717) is 6.04 Å². The van der Waals surface area contributed by atoms with Crippen LogP contribution in [0, 0.1) is 11.8 Å². The summed E-state index contributed by atoms with van der Waals surface area (Å²) < 4.78 is 0. The minimum absolute atomic E-state index is 0.00991. The lowest BCUT2D eigenvalue weighted by molar-refractivity contribution is -0.144. The van der Waals surface area contributed by atoms with Gasteiger partial charge in [0.25, 0.3) is 0 Å². The predicted molar refractivity (Wildman–Crippen MR) is 65.3 cm³/mol. The Labute approximate surface area is 103 Å². The number of carbonyl (C=O) groups excluding carboxylic acids is 2. The van der Waals surface area contributed by atoms with Crippen LogP contribution in [0.15, 0.2) is 0 Å². The first-order valence-corrected chi connectivity index (χ1v) is 6.56. The van der Waals surface area contributed by atoms with Gasteiger partial charge in [0, 0.05) is 23.9 Å². The van der Waals surface area contributed by atoms with Gasteiger partial charge in [-0.05, 0) is 26.7 Å². The molecule has 0 saturated carbocycles. The molecule has 2 rings (SSSR count). The molecule has 2 fully saturated rings. The van der Waals surface area contributed by atoms with Gasteiger partial charge in [0.2, 0.25) is 11.8 Å². The third-order valence-electron chi connectivity index (χ3n) is 4.36. The third-order valence-corrected chi connectivity index (χ3v) is 4.36. The quantitative estimate of drug-likeness (QED) is 0.697. The lowest BCUT2D eigenvalue weighted by atomic mass is 9.94. The Morgan fingerprint density at radius 2 is 1.53 bits per heavy atom. The molecule has 17 heavy (non-hydrogen) atoms. The molecule has 96 valence electrons. The molecule has 0 bridgehead atoms. The van der Waals surface area contributed by atoms with Gasteiger partial charge in [-0.25, -0.2) is 0 Å². The Kier molecular flexibility index (Phi) is 3.25. The SMILES string of the molecule is CC1CCC(N2C(=O)C(C)C(C)C2=O)C(C)N1. The fraction of sp³-hybridized carbons (Fsp3) is 0.846. The molecule has 5 unspecified atom stereocenters. The summed E-state index contributed by atoms with van der Waals surface area (Å²) in [4.78, 5) is 25.8. The topological polar surface area (TPSA) is 49.4 Å². The zero-order valence-corrected chi connectivity index (χ0v) is 11.1. The molecular formula is C13H22N2O2. The number of likely N-dealkylation sites (tertiary alicyclic amines) is 1. The van der Waals surface area contributed by atoms with Crippen molar-refractivity contribution in [3.8, 4) is 0 Å². The molecule has 4 heteroatoms. The number of amides is 2. The van der Waals surface area contributed by atoms with E-state index in [4.69, 9.17) is 0 Å². The van der Waals surface area contributed by atoms with Gasteiger partial charge < -0.3 is 5.32 Å². The van der Waals surface area contributed by atoms with E-state index in [-0.39, 0.29) is 35.7 Å². The van der Waals surface area contributed by atoms with Crippen molar-refractivity contribution in [2.45, 2.75) is 58.7 Å². The average molecular weight is 238 g/mol. The highest BCUT2D eigenvalue weighted by atomic mass is 16.2. The minimum Gasteiger partial charge on any atom is -0.310 e. The van der Waals surface area contributed by atoms with Gasteiger partial charge in [-0.1, -0.05) is 13.8 Å². The average Bonchev–Trinajstić information content (AvgIpc) is 2.45. The summed E-state index contributed by atoms with van der Waals surface area (Å²) in [6, 6.07) is 0.714. The fourth-order valence-electron chi connectivity index (χ4n) is 2.97. The van der Waals surface area contributed by atoms with Gasteiger partial charge in [0.1, 0.15) is 0 Å². The largest absolute Gasteiger partial charge is 0.310 e. The Morgan fingerprint density at radius 1 is 1.00 bits per heavy atom. The summed E-state index contributed by atoms with van der Waals surface area (Å²) in [6.07, 6.45) is 1.95. The molecule has 0 radical (unpaired) electrons. The van der Waals surface area contributed by atoms with E-state index >= 15 is 0 Å². The van der Waals surface area contributed by atoms with Crippen LogP contribution in [0.25, 0.3) is 0 Å². The molecule has 0 spiro atoms. The molecule has 2 aliphatic rings. The predicted octanol–water partition coefficient (Wildman–Crippen LogP) is 1.16. The minimum atomic E-state index is -0.158. The second-order valence-electron chi connectivity index (χ2n) is 5.62. The molecular weight excluding hydrogens is 216 g/mol. The molecule has 1 N–H and O–H groups in total. The van der Waals surface area contributed by atoms with Crippen molar-refractivity contribution in [3.63, 3.8) is 0 Å². The highest BCUT2D eigenvalue weighted by molar-refractivity contribution is 6.05. The maximum absolute atomic E-state index is 12.1.